The largest absolute Gasteiger partial charge is 0.478 e. The average Bonchev–Trinajstić information content (AvgIpc) is 3.06. The lowest BCUT2D eigenvalue weighted by Gasteiger charge is -2.19. The second-order valence-corrected chi connectivity index (χ2v) is 5.83. The minimum atomic E-state index is -3.02. The molecule has 148 valence electrons. The second-order valence-electron chi connectivity index (χ2n) is 5.83. The monoisotopic (exact) mass is 393 g/mol. The molecule has 0 aliphatic carbocycles. The molecule has 28 heavy (non-hydrogen) atoms. The predicted molar refractivity (Wildman–Crippen MR) is 96.5 cm³/mol. The average molecular weight is 393 g/mol. The molecule has 1 aromatic carbocycles. The molecule has 3 rings (SSSR count). The molecule has 1 atom stereocenters. The maximum atomic E-state index is 13.6. The summed E-state index contributed by atoms with van der Waals surface area (Å²) in [5.41, 5.74) is 1.02. The zero-order chi connectivity index (χ0) is 20.3. The molecule has 2 aromatic heterocycles. The fourth-order valence-corrected chi connectivity index (χ4v) is 2.69. The van der Waals surface area contributed by atoms with E-state index in [1.54, 1.807) is 26.1 Å². The second kappa shape index (κ2) is 8.15. The third-order valence-electron chi connectivity index (χ3n) is 3.92. The molecular weight excluding hydrogens is 375 g/mol. The van der Waals surface area contributed by atoms with Crippen molar-refractivity contribution in [3.05, 3.63) is 53.6 Å². The lowest BCUT2D eigenvalue weighted by atomic mass is 10.1. The number of nitrogens with one attached hydrogen (secondary N) is 2. The van der Waals surface area contributed by atoms with Crippen molar-refractivity contribution in [1.29, 1.82) is 5.41 Å². The van der Waals surface area contributed by atoms with Gasteiger partial charge in [0, 0.05) is 11.8 Å². The molecule has 0 saturated heterocycles. The van der Waals surface area contributed by atoms with Gasteiger partial charge in [0.25, 0.3) is 0 Å². The number of hydrogen-bond acceptors (Lipinski definition) is 6. The van der Waals surface area contributed by atoms with Gasteiger partial charge < -0.3 is 14.8 Å². The van der Waals surface area contributed by atoms with Crippen LogP contribution >= 0.6 is 0 Å². The van der Waals surface area contributed by atoms with Crippen molar-refractivity contribution < 1.29 is 22.6 Å². The summed E-state index contributed by atoms with van der Waals surface area (Å²) in [5.74, 6) is -0.371. The molecular formula is C18H18F3N5O2. The van der Waals surface area contributed by atoms with Crippen molar-refractivity contribution >= 4 is 17.4 Å². The van der Waals surface area contributed by atoms with Crippen molar-refractivity contribution in [3.8, 4) is 5.75 Å². The zero-order valence-corrected chi connectivity index (χ0v) is 15.1. The maximum absolute atomic E-state index is 13.6. The summed E-state index contributed by atoms with van der Waals surface area (Å²) in [4.78, 5) is 4.40. The Bertz CT molecular complexity index is 993. The van der Waals surface area contributed by atoms with Crippen LogP contribution in [0, 0.1) is 11.2 Å². The molecule has 0 aliphatic heterocycles. The van der Waals surface area contributed by atoms with Crippen molar-refractivity contribution in [3.63, 3.8) is 0 Å². The molecule has 3 aromatic rings. The Morgan fingerprint density at radius 3 is 2.82 bits per heavy atom. The highest BCUT2D eigenvalue weighted by Gasteiger charge is 2.18. The first-order chi connectivity index (χ1) is 13.4. The summed E-state index contributed by atoms with van der Waals surface area (Å²) >= 11 is 0. The Labute approximate surface area is 158 Å². The van der Waals surface area contributed by atoms with Crippen LogP contribution in [0.3, 0.4) is 0 Å². The molecule has 10 heteroatoms. The molecule has 0 amide bonds. The van der Waals surface area contributed by atoms with Crippen LogP contribution < -0.4 is 10.1 Å². The van der Waals surface area contributed by atoms with Gasteiger partial charge in [0.05, 0.1) is 18.8 Å². The summed E-state index contributed by atoms with van der Waals surface area (Å²) in [5, 5.41) is 15.1. The first-order valence-electron chi connectivity index (χ1n) is 8.46. The van der Waals surface area contributed by atoms with E-state index in [9.17, 15) is 13.2 Å². The van der Waals surface area contributed by atoms with Crippen molar-refractivity contribution in [2.45, 2.75) is 26.5 Å². The van der Waals surface area contributed by atoms with Gasteiger partial charge in [-0.15, -0.1) is 0 Å². The van der Waals surface area contributed by atoms with Gasteiger partial charge in [0.2, 0.25) is 5.90 Å². The van der Waals surface area contributed by atoms with E-state index in [1.165, 1.54) is 10.7 Å². The normalized spacial score (nSPS) is 12.2. The number of anilines is 1. The summed E-state index contributed by atoms with van der Waals surface area (Å²) in [7, 11) is 0. The molecule has 2 heterocycles. The number of ether oxygens (including phenoxy) is 2. The number of aromatic nitrogens is 3. The Balaban J connectivity index is 1.89. The van der Waals surface area contributed by atoms with Gasteiger partial charge in [-0.25, -0.2) is 13.9 Å². The number of alkyl halides is 2. The lowest BCUT2D eigenvalue weighted by molar-refractivity contribution is -0.0505. The summed E-state index contributed by atoms with van der Waals surface area (Å²) < 4.78 is 50.0. The fourth-order valence-electron chi connectivity index (χ4n) is 2.69. The van der Waals surface area contributed by atoms with Crippen LogP contribution in [0.1, 0.15) is 31.0 Å². The van der Waals surface area contributed by atoms with Crippen LogP contribution in [0.15, 0.2) is 36.7 Å². The van der Waals surface area contributed by atoms with Gasteiger partial charge in [0.1, 0.15) is 22.9 Å². The number of benzene rings is 1. The Hall–Kier alpha value is -3.30. The quantitative estimate of drug-likeness (QED) is 0.468. The van der Waals surface area contributed by atoms with Gasteiger partial charge in [0.15, 0.2) is 5.65 Å². The van der Waals surface area contributed by atoms with Gasteiger partial charge in [-0.2, -0.15) is 13.9 Å². The Morgan fingerprint density at radius 2 is 2.11 bits per heavy atom. The van der Waals surface area contributed by atoms with Crippen molar-refractivity contribution in [2.24, 2.45) is 0 Å². The van der Waals surface area contributed by atoms with E-state index in [0.717, 1.165) is 18.2 Å². The van der Waals surface area contributed by atoms with E-state index >= 15 is 0 Å². The maximum Gasteiger partial charge on any atom is 0.387 e. The van der Waals surface area contributed by atoms with Crippen LogP contribution in [0.5, 0.6) is 5.75 Å². The number of fused-ring (bicyclic) bond motifs is 1. The highest BCUT2D eigenvalue weighted by Crippen LogP contribution is 2.29. The van der Waals surface area contributed by atoms with Gasteiger partial charge in [-0.3, -0.25) is 5.41 Å². The molecule has 7 nitrogen and oxygen atoms in total. The van der Waals surface area contributed by atoms with E-state index in [-0.39, 0.29) is 17.2 Å². The highest BCUT2D eigenvalue weighted by molar-refractivity contribution is 5.97. The third kappa shape index (κ3) is 4.16. The Morgan fingerprint density at radius 1 is 1.32 bits per heavy atom. The first kappa shape index (κ1) is 19.5. The number of nitrogens with zero attached hydrogens (tertiary/aromatic N) is 3. The topological polar surface area (TPSA) is 84.5 Å². The molecule has 2 N–H and O–H groups in total. The van der Waals surface area contributed by atoms with E-state index in [4.69, 9.17) is 10.1 Å². The summed E-state index contributed by atoms with van der Waals surface area (Å²) in [6, 6.07) is 4.37. The van der Waals surface area contributed by atoms with E-state index in [0.29, 0.717) is 23.6 Å². The van der Waals surface area contributed by atoms with Crippen LogP contribution in [-0.4, -0.2) is 33.7 Å². The van der Waals surface area contributed by atoms with Crippen LogP contribution in [0.4, 0.5) is 19.0 Å². The zero-order valence-electron chi connectivity index (χ0n) is 15.1. The summed E-state index contributed by atoms with van der Waals surface area (Å²) in [6.07, 6.45) is 3.09. The lowest BCUT2D eigenvalue weighted by Crippen LogP contribution is -2.13. The van der Waals surface area contributed by atoms with Crippen LogP contribution in [0.2, 0.25) is 0 Å². The van der Waals surface area contributed by atoms with Crippen molar-refractivity contribution in [1.82, 2.24) is 14.6 Å². The molecule has 0 bridgehead atoms. The minimum absolute atomic E-state index is 0.0621. The predicted octanol–water partition coefficient (Wildman–Crippen LogP) is 4.00. The summed E-state index contributed by atoms with van der Waals surface area (Å²) in [6.45, 7) is 0.737. The van der Waals surface area contributed by atoms with Gasteiger partial charge >= 0.3 is 6.61 Å². The Kier molecular flexibility index (Phi) is 5.67. The number of rotatable bonds is 7. The minimum Gasteiger partial charge on any atom is -0.478 e. The van der Waals surface area contributed by atoms with Crippen molar-refractivity contribution in [2.75, 3.05) is 11.9 Å². The van der Waals surface area contributed by atoms with Crippen LogP contribution in [0.25, 0.3) is 5.65 Å². The van der Waals surface area contributed by atoms with E-state index in [1.807, 2.05) is 0 Å². The molecule has 0 saturated carbocycles. The van der Waals surface area contributed by atoms with E-state index in [2.05, 4.69) is 20.1 Å². The molecule has 0 spiro atoms. The standard InChI is InChI=1S/C18H18F3N5O2/c1-3-27-16(22)13-9-23-26-7-6-15(25-17(13)26)24-10(2)12-8-11(19)4-5-14(12)28-18(20)21/h4-10,18,22H,3H2,1-2H3,(H,24,25)/t10-/m1/s1. The smallest absolute Gasteiger partial charge is 0.387 e. The molecule has 0 radical (unpaired) electrons. The van der Waals surface area contributed by atoms with Crippen LogP contribution in [-0.2, 0) is 4.74 Å². The third-order valence-corrected chi connectivity index (χ3v) is 3.92. The fraction of sp³-hybridized carbons (Fsp3) is 0.278. The number of halogens is 3. The van der Waals surface area contributed by atoms with E-state index < -0.39 is 18.5 Å². The highest BCUT2D eigenvalue weighted by atomic mass is 19.3. The number of hydrogen-bond donors (Lipinski definition) is 2. The molecule has 0 aliphatic rings. The van der Waals surface area contributed by atoms with Gasteiger partial charge in [-0.05, 0) is 38.1 Å². The van der Waals surface area contributed by atoms with Gasteiger partial charge in [-0.1, -0.05) is 0 Å². The first-order valence-corrected chi connectivity index (χ1v) is 8.46. The molecule has 0 fully saturated rings. The SMILES string of the molecule is CCOC(=N)c1cnn2ccc(N[C@H](C)c3cc(F)ccc3OC(F)F)nc12. The molecule has 0 unspecified atom stereocenters.